The molecule has 0 aliphatic carbocycles. The average Bonchev–Trinajstić information content (AvgIpc) is 2.52. The minimum Gasteiger partial charge on any atom is -0.335 e. The van der Waals surface area contributed by atoms with E-state index in [-0.39, 0.29) is 21.5 Å². The normalized spacial score (nSPS) is 12.7. The third kappa shape index (κ3) is 4.47. The van der Waals surface area contributed by atoms with Gasteiger partial charge in [0.2, 0.25) is 0 Å². The molecule has 2 aromatic carbocycles. The molecule has 1 unspecified atom stereocenters. The van der Waals surface area contributed by atoms with E-state index in [9.17, 15) is 13.2 Å². The average molecular weight is 421 g/mol. The number of carbonyl (C=O) groups excluding carboxylic acids is 1. The molecular weight excluding hydrogens is 405 g/mol. The molecule has 1 atom stereocenters. The summed E-state index contributed by atoms with van der Waals surface area (Å²) < 4.78 is 23.4. The maximum Gasteiger partial charge on any atom is 0.255 e. The highest BCUT2D eigenvalue weighted by atomic mass is 35.5. The van der Waals surface area contributed by atoms with Crippen LogP contribution in [0.25, 0.3) is 0 Å². The van der Waals surface area contributed by atoms with E-state index in [1.165, 1.54) is 23.1 Å². The molecule has 134 valence electrons. The minimum atomic E-state index is -3.45. The highest BCUT2D eigenvalue weighted by Gasteiger charge is 2.24. The molecule has 0 fully saturated rings. The predicted octanol–water partition coefficient (Wildman–Crippen LogP) is 4.88. The number of amides is 1. The van der Waals surface area contributed by atoms with Crippen molar-refractivity contribution in [3.8, 4) is 0 Å². The molecule has 0 saturated heterocycles. The number of hydrogen-bond donors (Lipinski definition) is 0. The molecule has 0 saturated carbocycles. The third-order valence-electron chi connectivity index (χ3n) is 3.91. The molecule has 25 heavy (non-hydrogen) atoms. The first-order valence-corrected chi connectivity index (χ1v) is 10.3. The monoisotopic (exact) mass is 419 g/mol. The Morgan fingerprint density at radius 3 is 2.24 bits per heavy atom. The topological polar surface area (TPSA) is 54.5 Å². The zero-order valence-electron chi connectivity index (χ0n) is 13.8. The van der Waals surface area contributed by atoms with E-state index in [4.69, 9.17) is 34.8 Å². The minimum absolute atomic E-state index is 0.0332. The van der Waals surface area contributed by atoms with Crippen molar-refractivity contribution in [2.24, 2.45) is 0 Å². The summed E-state index contributed by atoms with van der Waals surface area (Å²) in [6, 6.07) is 8.72. The van der Waals surface area contributed by atoms with Gasteiger partial charge in [0.1, 0.15) is 0 Å². The fourth-order valence-electron chi connectivity index (χ4n) is 2.31. The molecule has 2 rings (SSSR count). The van der Waals surface area contributed by atoms with E-state index in [2.05, 4.69) is 0 Å². The van der Waals surface area contributed by atoms with Gasteiger partial charge in [0.05, 0.1) is 21.5 Å². The van der Waals surface area contributed by atoms with Crippen LogP contribution in [0.5, 0.6) is 0 Å². The van der Waals surface area contributed by atoms with Gasteiger partial charge in [0.15, 0.2) is 9.84 Å². The van der Waals surface area contributed by atoms with Gasteiger partial charge in [-0.3, -0.25) is 4.79 Å². The molecule has 2 aromatic rings. The summed E-state index contributed by atoms with van der Waals surface area (Å²) in [4.78, 5) is 14.3. The Morgan fingerprint density at radius 2 is 1.68 bits per heavy atom. The number of benzene rings is 2. The maximum atomic E-state index is 12.8. The van der Waals surface area contributed by atoms with Gasteiger partial charge in [0, 0.05) is 23.3 Å². The molecule has 0 radical (unpaired) electrons. The van der Waals surface area contributed by atoms with Crippen LogP contribution in [0.4, 0.5) is 0 Å². The first-order chi connectivity index (χ1) is 11.5. The lowest BCUT2D eigenvalue weighted by atomic mass is 10.1. The summed E-state index contributed by atoms with van der Waals surface area (Å²) in [6.07, 6.45) is 1.07. The second-order valence-electron chi connectivity index (χ2n) is 5.67. The Kier molecular flexibility index (Phi) is 6.05. The Morgan fingerprint density at radius 1 is 1.04 bits per heavy atom. The summed E-state index contributed by atoms with van der Waals surface area (Å²) in [5.41, 5.74) is 0.835. The van der Waals surface area contributed by atoms with Gasteiger partial charge in [-0.2, -0.15) is 0 Å². The van der Waals surface area contributed by atoms with E-state index >= 15 is 0 Å². The molecule has 1 amide bonds. The fourth-order valence-corrected chi connectivity index (χ4v) is 3.73. The van der Waals surface area contributed by atoms with E-state index in [1.54, 1.807) is 32.2 Å². The standard InChI is InChI=1S/C17H16Cl3NO3S/c1-10(13-6-4-11(18)8-16(13)20)21(2)17(22)14-9-12(25(3,23)24)5-7-15(14)19/h4-10H,1-3H3. The quantitative estimate of drug-likeness (QED) is 0.708. The van der Waals surface area contributed by atoms with Crippen molar-refractivity contribution in [2.45, 2.75) is 17.9 Å². The summed E-state index contributed by atoms with van der Waals surface area (Å²) in [5.74, 6) is -0.408. The molecular formula is C17H16Cl3NO3S. The van der Waals surface area contributed by atoms with Crippen LogP contribution >= 0.6 is 34.8 Å². The summed E-state index contributed by atoms with van der Waals surface area (Å²) in [6.45, 7) is 1.81. The Bertz CT molecular complexity index is 929. The number of nitrogens with zero attached hydrogens (tertiary/aromatic N) is 1. The number of rotatable bonds is 4. The first-order valence-electron chi connectivity index (χ1n) is 7.24. The van der Waals surface area contributed by atoms with Crippen LogP contribution in [0.1, 0.15) is 28.9 Å². The van der Waals surface area contributed by atoms with Crippen LogP contribution in [0.15, 0.2) is 41.3 Å². The maximum absolute atomic E-state index is 12.8. The Balaban J connectivity index is 2.40. The van der Waals surface area contributed by atoms with Crippen molar-refractivity contribution in [2.75, 3.05) is 13.3 Å². The summed E-state index contributed by atoms with van der Waals surface area (Å²) in [5, 5.41) is 1.12. The molecule has 0 spiro atoms. The van der Waals surface area contributed by atoms with Crippen molar-refractivity contribution in [3.63, 3.8) is 0 Å². The van der Waals surface area contributed by atoms with Crippen molar-refractivity contribution in [3.05, 3.63) is 62.6 Å². The van der Waals surface area contributed by atoms with Crippen molar-refractivity contribution in [1.29, 1.82) is 0 Å². The van der Waals surface area contributed by atoms with Crippen LogP contribution < -0.4 is 0 Å². The fraction of sp³-hybridized carbons (Fsp3) is 0.235. The number of hydrogen-bond acceptors (Lipinski definition) is 3. The molecule has 8 heteroatoms. The van der Waals surface area contributed by atoms with Gasteiger partial charge in [-0.15, -0.1) is 0 Å². The van der Waals surface area contributed by atoms with Crippen LogP contribution in [0.2, 0.25) is 15.1 Å². The number of halogens is 3. The molecule has 0 aliphatic rings. The molecule has 0 aromatic heterocycles. The van der Waals surface area contributed by atoms with Crippen LogP contribution in [0, 0.1) is 0 Å². The van der Waals surface area contributed by atoms with E-state index in [1.807, 2.05) is 0 Å². The highest BCUT2D eigenvalue weighted by molar-refractivity contribution is 7.90. The van der Waals surface area contributed by atoms with E-state index in [0.717, 1.165) is 11.8 Å². The largest absolute Gasteiger partial charge is 0.335 e. The predicted molar refractivity (Wildman–Crippen MR) is 102 cm³/mol. The third-order valence-corrected chi connectivity index (χ3v) is 5.91. The zero-order chi connectivity index (χ0) is 18.9. The SMILES string of the molecule is CC(c1ccc(Cl)cc1Cl)N(C)C(=O)c1cc(S(C)(=O)=O)ccc1Cl. The molecule has 0 aliphatic heterocycles. The van der Waals surface area contributed by atoms with Gasteiger partial charge in [0.25, 0.3) is 5.91 Å². The highest BCUT2D eigenvalue weighted by Crippen LogP contribution is 2.31. The second-order valence-corrected chi connectivity index (χ2v) is 8.94. The van der Waals surface area contributed by atoms with Gasteiger partial charge >= 0.3 is 0 Å². The zero-order valence-corrected chi connectivity index (χ0v) is 16.8. The number of sulfone groups is 1. The van der Waals surface area contributed by atoms with Crippen molar-refractivity contribution < 1.29 is 13.2 Å². The van der Waals surface area contributed by atoms with Crippen LogP contribution in [-0.4, -0.2) is 32.5 Å². The van der Waals surface area contributed by atoms with Crippen molar-refractivity contribution >= 4 is 50.5 Å². The summed E-state index contributed by atoms with van der Waals surface area (Å²) in [7, 11) is -1.85. The Hall–Kier alpha value is -1.27. The molecule has 4 nitrogen and oxygen atoms in total. The molecule has 0 heterocycles. The Labute approximate surface area is 162 Å². The van der Waals surface area contributed by atoms with Crippen LogP contribution in [0.3, 0.4) is 0 Å². The lowest BCUT2D eigenvalue weighted by molar-refractivity contribution is 0.0742. The van der Waals surface area contributed by atoms with E-state index < -0.39 is 15.7 Å². The van der Waals surface area contributed by atoms with Gasteiger partial charge in [-0.1, -0.05) is 40.9 Å². The second kappa shape index (κ2) is 7.54. The van der Waals surface area contributed by atoms with Gasteiger partial charge < -0.3 is 4.90 Å². The van der Waals surface area contributed by atoms with Crippen LogP contribution in [-0.2, 0) is 9.84 Å². The van der Waals surface area contributed by atoms with E-state index in [0.29, 0.717) is 10.0 Å². The number of carbonyl (C=O) groups is 1. The lowest BCUT2D eigenvalue weighted by Crippen LogP contribution is -2.30. The summed E-state index contributed by atoms with van der Waals surface area (Å²) >= 11 is 18.2. The first kappa shape index (κ1) is 20.0. The lowest BCUT2D eigenvalue weighted by Gasteiger charge is -2.26. The van der Waals surface area contributed by atoms with Gasteiger partial charge in [-0.05, 0) is 42.8 Å². The van der Waals surface area contributed by atoms with Gasteiger partial charge in [-0.25, -0.2) is 8.42 Å². The van der Waals surface area contributed by atoms with Crippen molar-refractivity contribution in [1.82, 2.24) is 4.90 Å². The smallest absolute Gasteiger partial charge is 0.255 e. The molecule has 0 N–H and O–H groups in total. The molecule has 0 bridgehead atoms.